The molecule has 0 radical (unpaired) electrons. The molecule has 76 valence electrons. The van der Waals surface area contributed by atoms with Gasteiger partial charge in [0, 0.05) is 4.90 Å². The fourth-order valence-electron chi connectivity index (χ4n) is 1.41. The van der Waals surface area contributed by atoms with Crippen LogP contribution in [0.2, 0.25) is 0 Å². The minimum Gasteiger partial charge on any atom is -0.271 e. The van der Waals surface area contributed by atoms with Crippen molar-refractivity contribution in [1.29, 1.82) is 0 Å². The van der Waals surface area contributed by atoms with Crippen molar-refractivity contribution in [2.75, 3.05) is 6.26 Å². The largest absolute Gasteiger partial charge is 0.271 e. The first-order chi connectivity index (χ1) is 6.83. The van der Waals surface area contributed by atoms with Crippen LogP contribution in [-0.4, -0.2) is 6.26 Å². The van der Waals surface area contributed by atoms with Crippen LogP contribution < -0.4 is 11.3 Å². The van der Waals surface area contributed by atoms with Gasteiger partial charge in [-0.05, 0) is 24.3 Å². The van der Waals surface area contributed by atoms with Crippen LogP contribution in [0, 0.1) is 0 Å². The van der Waals surface area contributed by atoms with Gasteiger partial charge in [0.05, 0.1) is 6.04 Å². The lowest BCUT2D eigenvalue weighted by Crippen LogP contribution is -2.27. The molecule has 0 amide bonds. The van der Waals surface area contributed by atoms with Gasteiger partial charge in [-0.2, -0.15) is 0 Å². The number of benzene rings is 1. The van der Waals surface area contributed by atoms with E-state index in [1.54, 1.807) is 11.8 Å². The van der Waals surface area contributed by atoms with Crippen LogP contribution in [0.15, 0.2) is 41.8 Å². The van der Waals surface area contributed by atoms with Gasteiger partial charge in [0.25, 0.3) is 0 Å². The van der Waals surface area contributed by atoms with Crippen LogP contribution in [0.1, 0.15) is 18.0 Å². The third-order valence-corrected chi connectivity index (χ3v) is 2.93. The Hall–Kier alpha value is -0.770. The Morgan fingerprint density at radius 1 is 1.57 bits per heavy atom. The number of hydrogen-bond acceptors (Lipinski definition) is 3. The van der Waals surface area contributed by atoms with Crippen molar-refractivity contribution in [3.05, 3.63) is 42.5 Å². The molecule has 0 aliphatic heterocycles. The molecule has 0 fully saturated rings. The quantitative estimate of drug-likeness (QED) is 0.338. The average molecular weight is 208 g/mol. The van der Waals surface area contributed by atoms with Gasteiger partial charge in [0.1, 0.15) is 0 Å². The van der Waals surface area contributed by atoms with Crippen molar-refractivity contribution in [2.24, 2.45) is 5.84 Å². The van der Waals surface area contributed by atoms with Gasteiger partial charge in [0.2, 0.25) is 0 Å². The molecular formula is C11H16N2S. The van der Waals surface area contributed by atoms with Crippen molar-refractivity contribution in [1.82, 2.24) is 5.43 Å². The second-order valence-corrected chi connectivity index (χ2v) is 3.83. The lowest BCUT2D eigenvalue weighted by molar-refractivity contribution is 0.553. The maximum atomic E-state index is 5.51. The maximum absolute atomic E-state index is 5.51. The van der Waals surface area contributed by atoms with Gasteiger partial charge in [-0.1, -0.05) is 24.3 Å². The summed E-state index contributed by atoms with van der Waals surface area (Å²) in [6, 6.07) is 8.43. The first-order valence-corrected chi connectivity index (χ1v) is 5.76. The van der Waals surface area contributed by atoms with E-state index in [-0.39, 0.29) is 6.04 Å². The predicted molar refractivity (Wildman–Crippen MR) is 63.1 cm³/mol. The zero-order valence-corrected chi connectivity index (χ0v) is 9.18. The van der Waals surface area contributed by atoms with Crippen LogP contribution in [-0.2, 0) is 0 Å². The number of hydrazine groups is 1. The van der Waals surface area contributed by atoms with Gasteiger partial charge < -0.3 is 0 Å². The zero-order chi connectivity index (χ0) is 10.4. The molecule has 1 unspecified atom stereocenters. The van der Waals surface area contributed by atoms with Crippen molar-refractivity contribution < 1.29 is 0 Å². The SMILES string of the molecule is C=CCC(NN)c1ccccc1SC. The number of thioether (sulfide) groups is 1. The summed E-state index contributed by atoms with van der Waals surface area (Å²) in [5, 5.41) is 0. The van der Waals surface area contributed by atoms with E-state index in [0.29, 0.717) is 0 Å². The number of nitrogens with one attached hydrogen (secondary N) is 1. The zero-order valence-electron chi connectivity index (χ0n) is 8.36. The van der Waals surface area contributed by atoms with E-state index in [0.717, 1.165) is 6.42 Å². The smallest absolute Gasteiger partial charge is 0.0505 e. The van der Waals surface area contributed by atoms with E-state index < -0.39 is 0 Å². The molecule has 1 aromatic rings. The molecule has 1 aromatic carbocycles. The Balaban J connectivity index is 2.95. The Bertz CT molecular complexity index is 299. The molecular weight excluding hydrogens is 192 g/mol. The Kier molecular flexibility index (Phi) is 4.73. The fraction of sp³-hybridized carbons (Fsp3) is 0.273. The molecule has 2 nitrogen and oxygen atoms in total. The van der Waals surface area contributed by atoms with Crippen LogP contribution in [0.5, 0.6) is 0 Å². The Morgan fingerprint density at radius 2 is 2.29 bits per heavy atom. The first kappa shape index (κ1) is 11.3. The lowest BCUT2D eigenvalue weighted by atomic mass is 10.0. The molecule has 0 bridgehead atoms. The highest BCUT2D eigenvalue weighted by Crippen LogP contribution is 2.27. The Labute approximate surface area is 89.5 Å². The van der Waals surface area contributed by atoms with Crippen molar-refractivity contribution >= 4 is 11.8 Å². The highest BCUT2D eigenvalue weighted by atomic mass is 32.2. The minimum absolute atomic E-state index is 0.163. The summed E-state index contributed by atoms with van der Waals surface area (Å²) < 4.78 is 0. The number of rotatable bonds is 5. The molecule has 0 aliphatic rings. The Morgan fingerprint density at radius 3 is 2.86 bits per heavy atom. The van der Waals surface area contributed by atoms with E-state index in [1.165, 1.54) is 10.5 Å². The summed E-state index contributed by atoms with van der Waals surface area (Å²) in [7, 11) is 0. The van der Waals surface area contributed by atoms with E-state index >= 15 is 0 Å². The predicted octanol–water partition coefficient (Wildman–Crippen LogP) is 2.49. The molecule has 0 saturated carbocycles. The third kappa shape index (κ3) is 2.61. The standard InChI is InChI=1S/C11H16N2S/c1-3-6-10(13-12)9-7-4-5-8-11(9)14-2/h3-5,7-8,10,13H,1,6,12H2,2H3. The second kappa shape index (κ2) is 5.86. The van der Waals surface area contributed by atoms with Crippen molar-refractivity contribution in [3.8, 4) is 0 Å². The molecule has 0 aliphatic carbocycles. The van der Waals surface area contributed by atoms with Gasteiger partial charge >= 0.3 is 0 Å². The fourth-order valence-corrected chi connectivity index (χ4v) is 2.07. The van der Waals surface area contributed by atoms with Crippen molar-refractivity contribution in [3.63, 3.8) is 0 Å². The van der Waals surface area contributed by atoms with Crippen LogP contribution >= 0.6 is 11.8 Å². The van der Waals surface area contributed by atoms with Gasteiger partial charge in [-0.3, -0.25) is 11.3 Å². The highest BCUT2D eigenvalue weighted by molar-refractivity contribution is 7.98. The molecule has 1 rings (SSSR count). The lowest BCUT2D eigenvalue weighted by Gasteiger charge is -2.17. The summed E-state index contributed by atoms with van der Waals surface area (Å²) in [5.74, 6) is 5.51. The maximum Gasteiger partial charge on any atom is 0.0505 e. The molecule has 0 heterocycles. The number of nitrogens with two attached hydrogens (primary N) is 1. The molecule has 3 N–H and O–H groups in total. The minimum atomic E-state index is 0.163. The van der Waals surface area contributed by atoms with Crippen LogP contribution in [0.25, 0.3) is 0 Å². The monoisotopic (exact) mass is 208 g/mol. The molecule has 14 heavy (non-hydrogen) atoms. The summed E-state index contributed by atoms with van der Waals surface area (Å²) in [5.41, 5.74) is 4.05. The van der Waals surface area contributed by atoms with E-state index in [1.807, 2.05) is 18.2 Å². The number of hydrogen-bond donors (Lipinski definition) is 2. The van der Waals surface area contributed by atoms with Crippen LogP contribution in [0.4, 0.5) is 0 Å². The average Bonchev–Trinajstić information content (AvgIpc) is 2.26. The normalized spacial score (nSPS) is 12.4. The van der Waals surface area contributed by atoms with Gasteiger partial charge in [-0.15, -0.1) is 18.3 Å². The van der Waals surface area contributed by atoms with Gasteiger partial charge in [-0.25, -0.2) is 0 Å². The summed E-state index contributed by atoms with van der Waals surface area (Å²) in [4.78, 5) is 1.26. The molecule has 1 atom stereocenters. The second-order valence-electron chi connectivity index (χ2n) is 2.99. The van der Waals surface area contributed by atoms with E-state index in [4.69, 9.17) is 5.84 Å². The topological polar surface area (TPSA) is 38.0 Å². The van der Waals surface area contributed by atoms with Crippen LogP contribution in [0.3, 0.4) is 0 Å². The molecule has 0 aromatic heterocycles. The van der Waals surface area contributed by atoms with Crippen molar-refractivity contribution in [2.45, 2.75) is 17.4 Å². The summed E-state index contributed by atoms with van der Waals surface area (Å²) in [6.07, 6.45) is 4.79. The van der Waals surface area contributed by atoms with E-state index in [2.05, 4.69) is 30.4 Å². The first-order valence-electron chi connectivity index (χ1n) is 4.53. The third-order valence-electron chi connectivity index (χ3n) is 2.12. The molecule has 3 heteroatoms. The molecule has 0 spiro atoms. The van der Waals surface area contributed by atoms with Gasteiger partial charge in [0.15, 0.2) is 0 Å². The molecule has 0 saturated heterocycles. The van der Waals surface area contributed by atoms with E-state index in [9.17, 15) is 0 Å². The highest BCUT2D eigenvalue weighted by Gasteiger charge is 2.10. The summed E-state index contributed by atoms with van der Waals surface area (Å²) in [6.45, 7) is 3.73. The summed E-state index contributed by atoms with van der Waals surface area (Å²) >= 11 is 1.74.